The summed E-state index contributed by atoms with van der Waals surface area (Å²) in [6, 6.07) is 0. The maximum Gasteiger partial charge on any atom is 0.290 e. The van der Waals surface area contributed by atoms with Gasteiger partial charge in [-0.1, -0.05) is 25.9 Å². The third-order valence-corrected chi connectivity index (χ3v) is 2.44. The Morgan fingerprint density at radius 2 is 2.26 bits per heavy atom. The highest BCUT2D eigenvalue weighted by Gasteiger charge is 2.21. The molecule has 0 fully saturated rings. The summed E-state index contributed by atoms with van der Waals surface area (Å²) in [5, 5.41) is 13.0. The van der Waals surface area contributed by atoms with E-state index in [9.17, 15) is 4.79 Å². The Morgan fingerprint density at radius 3 is 2.84 bits per heavy atom. The van der Waals surface area contributed by atoms with E-state index in [2.05, 4.69) is 35.2 Å². The van der Waals surface area contributed by atoms with Crippen LogP contribution in [-0.2, 0) is 11.8 Å². The lowest BCUT2D eigenvalue weighted by Gasteiger charge is -2.12. The van der Waals surface area contributed by atoms with E-state index in [4.69, 9.17) is 0 Å². The van der Waals surface area contributed by atoms with Gasteiger partial charge < -0.3 is 9.84 Å². The molecule has 0 bridgehead atoms. The maximum atomic E-state index is 11.8. The first-order valence-electron chi connectivity index (χ1n) is 5.93. The van der Waals surface area contributed by atoms with Gasteiger partial charge in [0.15, 0.2) is 5.82 Å². The summed E-state index contributed by atoms with van der Waals surface area (Å²) in [6.45, 7) is 6.38. The van der Waals surface area contributed by atoms with E-state index in [1.54, 1.807) is 0 Å². The van der Waals surface area contributed by atoms with Crippen LogP contribution in [-0.4, -0.2) is 37.8 Å². The number of carbonyl (C=O) groups is 1. The number of nitrogens with one attached hydrogen (secondary N) is 2. The van der Waals surface area contributed by atoms with Crippen molar-refractivity contribution in [3.63, 3.8) is 0 Å². The second-order valence-corrected chi connectivity index (χ2v) is 5.11. The van der Waals surface area contributed by atoms with Gasteiger partial charge >= 0.3 is 0 Å². The second-order valence-electron chi connectivity index (χ2n) is 5.11. The molecule has 1 amide bonds. The van der Waals surface area contributed by atoms with Gasteiger partial charge in [-0.05, 0) is 0 Å². The first-order valence-corrected chi connectivity index (χ1v) is 5.93. The zero-order chi connectivity index (χ0) is 13.9. The van der Waals surface area contributed by atoms with E-state index in [0.29, 0.717) is 24.6 Å². The molecular weight excluding hydrogens is 248 g/mol. The molecule has 19 heavy (non-hydrogen) atoms. The predicted octanol–water partition coefficient (Wildman–Crippen LogP) is 0.458. The standard InChI is InChI=1S/C11H16N6O2/c1-11(2,3)10-14-8(15-16-10)9(18)12-5-4-7-13-6-19-17-7/h6H,4-5H2,1-3H3,(H,12,18)(H,14,15,16). The van der Waals surface area contributed by atoms with Gasteiger partial charge in [0.05, 0.1) is 0 Å². The number of amides is 1. The fourth-order valence-corrected chi connectivity index (χ4v) is 1.37. The van der Waals surface area contributed by atoms with Crippen LogP contribution >= 0.6 is 0 Å². The van der Waals surface area contributed by atoms with Crippen LogP contribution in [0.25, 0.3) is 0 Å². The first-order chi connectivity index (χ1) is 8.97. The molecule has 0 aromatic carbocycles. The van der Waals surface area contributed by atoms with Crippen molar-refractivity contribution in [2.24, 2.45) is 0 Å². The normalized spacial score (nSPS) is 11.5. The molecule has 0 saturated carbocycles. The topological polar surface area (TPSA) is 110 Å². The van der Waals surface area contributed by atoms with Gasteiger partial charge in [0.25, 0.3) is 5.91 Å². The molecule has 102 valence electrons. The van der Waals surface area contributed by atoms with Gasteiger partial charge in [-0.15, -0.1) is 5.10 Å². The Kier molecular flexibility index (Phi) is 3.59. The zero-order valence-corrected chi connectivity index (χ0v) is 11.1. The Bertz CT molecular complexity index is 540. The van der Waals surface area contributed by atoms with Gasteiger partial charge in [0.1, 0.15) is 5.82 Å². The highest BCUT2D eigenvalue weighted by atomic mass is 16.5. The summed E-state index contributed by atoms with van der Waals surface area (Å²) in [5.41, 5.74) is -0.170. The second kappa shape index (κ2) is 5.17. The van der Waals surface area contributed by atoms with E-state index >= 15 is 0 Å². The van der Waals surface area contributed by atoms with Crippen molar-refractivity contribution in [1.29, 1.82) is 0 Å². The molecule has 8 nitrogen and oxygen atoms in total. The molecule has 0 atom stereocenters. The molecule has 2 aromatic rings. The van der Waals surface area contributed by atoms with Crippen molar-refractivity contribution >= 4 is 5.91 Å². The number of hydrogen-bond acceptors (Lipinski definition) is 6. The monoisotopic (exact) mass is 264 g/mol. The molecule has 0 aliphatic heterocycles. The fourth-order valence-electron chi connectivity index (χ4n) is 1.37. The Hall–Kier alpha value is -2.25. The summed E-state index contributed by atoms with van der Waals surface area (Å²) in [4.78, 5) is 19.8. The van der Waals surface area contributed by atoms with Crippen LogP contribution < -0.4 is 5.32 Å². The first kappa shape index (κ1) is 13.2. The third kappa shape index (κ3) is 3.36. The van der Waals surface area contributed by atoms with E-state index in [0.717, 1.165) is 0 Å². The molecule has 0 saturated heterocycles. The minimum atomic E-state index is -0.324. The molecule has 0 spiro atoms. The summed E-state index contributed by atoms with van der Waals surface area (Å²) >= 11 is 0. The van der Waals surface area contributed by atoms with E-state index in [-0.39, 0.29) is 17.1 Å². The average Bonchev–Trinajstić information content (AvgIpc) is 2.99. The van der Waals surface area contributed by atoms with Gasteiger partial charge in [-0.3, -0.25) is 9.89 Å². The summed E-state index contributed by atoms with van der Waals surface area (Å²) in [5.74, 6) is 1.04. The Labute approximate surface area is 110 Å². The summed E-state index contributed by atoms with van der Waals surface area (Å²) in [7, 11) is 0. The summed E-state index contributed by atoms with van der Waals surface area (Å²) < 4.78 is 4.59. The molecule has 0 unspecified atom stereocenters. The lowest BCUT2D eigenvalue weighted by atomic mass is 9.96. The van der Waals surface area contributed by atoms with E-state index in [1.165, 1.54) is 6.39 Å². The quantitative estimate of drug-likeness (QED) is 0.830. The number of aromatic amines is 1. The van der Waals surface area contributed by atoms with Crippen molar-refractivity contribution in [3.8, 4) is 0 Å². The smallest absolute Gasteiger partial charge is 0.290 e. The van der Waals surface area contributed by atoms with Crippen LogP contribution in [0.1, 0.15) is 43.0 Å². The van der Waals surface area contributed by atoms with Crippen LogP contribution in [0.5, 0.6) is 0 Å². The van der Waals surface area contributed by atoms with Crippen LogP contribution in [0, 0.1) is 0 Å². The van der Waals surface area contributed by atoms with Crippen molar-refractivity contribution in [1.82, 2.24) is 30.6 Å². The lowest BCUT2D eigenvalue weighted by molar-refractivity contribution is 0.0944. The molecule has 0 aliphatic carbocycles. The molecule has 8 heteroatoms. The van der Waals surface area contributed by atoms with Crippen LogP contribution in [0.15, 0.2) is 10.9 Å². The molecule has 2 rings (SSSR count). The molecule has 2 N–H and O–H groups in total. The van der Waals surface area contributed by atoms with Crippen molar-refractivity contribution in [2.45, 2.75) is 32.6 Å². The fraction of sp³-hybridized carbons (Fsp3) is 0.545. The summed E-state index contributed by atoms with van der Waals surface area (Å²) in [6.07, 6.45) is 1.75. The number of H-pyrrole nitrogens is 1. The van der Waals surface area contributed by atoms with E-state index < -0.39 is 0 Å². The number of carbonyl (C=O) groups excluding carboxylic acids is 1. The minimum absolute atomic E-state index is 0.137. The molecular formula is C11H16N6O2. The van der Waals surface area contributed by atoms with Gasteiger partial charge in [-0.2, -0.15) is 4.98 Å². The van der Waals surface area contributed by atoms with Crippen LogP contribution in [0.3, 0.4) is 0 Å². The number of aromatic nitrogens is 5. The minimum Gasteiger partial charge on any atom is -0.349 e. The Morgan fingerprint density at radius 1 is 1.47 bits per heavy atom. The van der Waals surface area contributed by atoms with E-state index in [1.807, 2.05) is 20.8 Å². The number of hydrogen-bond donors (Lipinski definition) is 2. The highest BCUT2D eigenvalue weighted by Crippen LogP contribution is 2.17. The Balaban J connectivity index is 1.88. The van der Waals surface area contributed by atoms with Gasteiger partial charge in [0.2, 0.25) is 12.2 Å². The van der Waals surface area contributed by atoms with Gasteiger partial charge in [-0.25, -0.2) is 4.98 Å². The number of nitrogens with zero attached hydrogens (tertiary/aromatic N) is 4. The van der Waals surface area contributed by atoms with Crippen LogP contribution in [0.4, 0.5) is 0 Å². The average molecular weight is 264 g/mol. The molecule has 2 aromatic heterocycles. The molecule has 0 aliphatic rings. The SMILES string of the molecule is CC(C)(C)c1nc(C(=O)NCCc2ncon2)n[nH]1. The lowest BCUT2D eigenvalue weighted by Crippen LogP contribution is -2.27. The molecule has 0 radical (unpaired) electrons. The zero-order valence-electron chi connectivity index (χ0n) is 11.1. The van der Waals surface area contributed by atoms with Crippen molar-refractivity contribution in [3.05, 3.63) is 23.9 Å². The van der Waals surface area contributed by atoms with Crippen LogP contribution in [0.2, 0.25) is 0 Å². The largest absolute Gasteiger partial charge is 0.349 e. The maximum absolute atomic E-state index is 11.8. The highest BCUT2D eigenvalue weighted by molar-refractivity contribution is 5.90. The third-order valence-electron chi connectivity index (χ3n) is 2.44. The predicted molar refractivity (Wildman–Crippen MR) is 65.4 cm³/mol. The van der Waals surface area contributed by atoms with Crippen molar-refractivity contribution in [2.75, 3.05) is 6.54 Å². The number of rotatable bonds is 4. The van der Waals surface area contributed by atoms with Crippen molar-refractivity contribution < 1.29 is 9.32 Å². The van der Waals surface area contributed by atoms with Gasteiger partial charge in [0, 0.05) is 18.4 Å². The molecule has 2 heterocycles.